The Kier molecular flexibility index (Phi) is 3.95. The molecular weight excluding hydrogens is 322 g/mol. The van der Waals surface area contributed by atoms with Crippen LogP contribution in [-0.4, -0.2) is 21.5 Å². The Balaban J connectivity index is 1.61. The number of aryl methyl sites for hydroxylation is 1. The van der Waals surface area contributed by atoms with Crippen LogP contribution in [0.3, 0.4) is 0 Å². The molecule has 0 aromatic carbocycles. The number of hydrogen-bond donors (Lipinski definition) is 1. The van der Waals surface area contributed by atoms with Gasteiger partial charge in [-0.2, -0.15) is 0 Å². The number of fused-ring (bicyclic) bond motifs is 3. The molecule has 0 bridgehead atoms. The molecule has 0 unspecified atom stereocenters. The molecule has 2 aliphatic rings. The van der Waals surface area contributed by atoms with Crippen molar-refractivity contribution >= 4 is 27.5 Å². The predicted octanol–water partition coefficient (Wildman–Crippen LogP) is 2.50. The summed E-state index contributed by atoms with van der Waals surface area (Å²) in [6.07, 6.45) is 7.00. The summed E-state index contributed by atoms with van der Waals surface area (Å²) in [6.45, 7) is 4.35. The number of nitrogens with zero attached hydrogens (tertiary/aromatic N) is 2. The van der Waals surface area contributed by atoms with Gasteiger partial charge < -0.3 is 5.32 Å². The summed E-state index contributed by atoms with van der Waals surface area (Å²) in [6, 6.07) is 0.195. The second-order valence-electron chi connectivity index (χ2n) is 7.40. The fourth-order valence-corrected chi connectivity index (χ4v) is 4.99. The van der Waals surface area contributed by atoms with Crippen LogP contribution in [0.2, 0.25) is 0 Å². The fraction of sp³-hybridized carbons (Fsp3) is 0.611. The maximum atomic E-state index is 12.9. The highest BCUT2D eigenvalue weighted by Gasteiger charge is 2.29. The van der Waals surface area contributed by atoms with Crippen LogP contribution in [0, 0.1) is 11.8 Å². The van der Waals surface area contributed by atoms with E-state index in [1.807, 2.05) is 6.92 Å². The number of hydrogen-bond acceptors (Lipinski definition) is 4. The lowest BCUT2D eigenvalue weighted by Crippen LogP contribution is -2.38. The van der Waals surface area contributed by atoms with Gasteiger partial charge in [-0.05, 0) is 56.4 Å². The summed E-state index contributed by atoms with van der Waals surface area (Å²) < 4.78 is 1.46. The molecule has 24 heavy (non-hydrogen) atoms. The smallest absolute Gasteiger partial charge is 0.262 e. The van der Waals surface area contributed by atoms with E-state index in [9.17, 15) is 9.59 Å². The van der Waals surface area contributed by atoms with Crippen molar-refractivity contribution in [1.29, 1.82) is 0 Å². The van der Waals surface area contributed by atoms with Crippen molar-refractivity contribution in [3.05, 3.63) is 27.1 Å². The Hall–Kier alpha value is -1.69. The maximum absolute atomic E-state index is 12.9. The molecule has 2 aliphatic carbocycles. The van der Waals surface area contributed by atoms with Gasteiger partial charge in [0.25, 0.3) is 5.56 Å². The van der Waals surface area contributed by atoms with Gasteiger partial charge in [0.15, 0.2) is 0 Å². The first-order chi connectivity index (χ1) is 11.5. The van der Waals surface area contributed by atoms with Crippen molar-refractivity contribution in [2.24, 2.45) is 11.8 Å². The van der Waals surface area contributed by atoms with Gasteiger partial charge in [0.05, 0.1) is 11.7 Å². The first-order valence-corrected chi connectivity index (χ1v) is 9.63. The number of carbonyl (C=O) groups is 1. The largest absolute Gasteiger partial charge is 0.352 e. The normalized spacial score (nSPS) is 21.5. The molecule has 0 spiro atoms. The SMILES string of the molecule is C[C@@H]1CCc2c(sc3ncn(CC(=O)N[C@@H](C)C4CC4)c(=O)c23)C1. The minimum Gasteiger partial charge on any atom is -0.352 e. The van der Waals surface area contributed by atoms with Crippen LogP contribution in [0.1, 0.15) is 43.6 Å². The Bertz CT molecular complexity index is 850. The summed E-state index contributed by atoms with van der Waals surface area (Å²) in [4.78, 5) is 31.7. The van der Waals surface area contributed by atoms with Gasteiger partial charge in [0.2, 0.25) is 5.91 Å². The zero-order valence-corrected chi connectivity index (χ0v) is 15.0. The highest BCUT2D eigenvalue weighted by molar-refractivity contribution is 7.18. The van der Waals surface area contributed by atoms with Crippen molar-refractivity contribution in [3.63, 3.8) is 0 Å². The number of nitrogens with one attached hydrogen (secondary N) is 1. The third-order valence-electron chi connectivity index (χ3n) is 5.31. The van der Waals surface area contributed by atoms with E-state index in [0.29, 0.717) is 11.8 Å². The first-order valence-electron chi connectivity index (χ1n) is 8.82. The lowest BCUT2D eigenvalue weighted by atomic mass is 9.89. The average molecular weight is 345 g/mol. The highest BCUT2D eigenvalue weighted by atomic mass is 32.1. The van der Waals surface area contributed by atoms with Crippen molar-refractivity contribution in [2.45, 2.75) is 58.5 Å². The van der Waals surface area contributed by atoms with Crippen LogP contribution in [0.4, 0.5) is 0 Å². The van der Waals surface area contributed by atoms with Crippen LogP contribution >= 0.6 is 11.3 Å². The molecule has 0 saturated heterocycles. The second kappa shape index (κ2) is 5.99. The summed E-state index contributed by atoms with van der Waals surface area (Å²) in [7, 11) is 0. The summed E-state index contributed by atoms with van der Waals surface area (Å²) in [5.41, 5.74) is 1.10. The third-order valence-corrected chi connectivity index (χ3v) is 6.48. The molecule has 5 nitrogen and oxygen atoms in total. The van der Waals surface area contributed by atoms with E-state index in [1.54, 1.807) is 11.3 Å². The lowest BCUT2D eigenvalue weighted by molar-refractivity contribution is -0.122. The van der Waals surface area contributed by atoms with Gasteiger partial charge in [-0.3, -0.25) is 14.2 Å². The molecule has 0 radical (unpaired) electrons. The summed E-state index contributed by atoms with van der Waals surface area (Å²) >= 11 is 1.64. The second-order valence-corrected chi connectivity index (χ2v) is 8.49. The quantitative estimate of drug-likeness (QED) is 0.926. The van der Waals surface area contributed by atoms with Crippen molar-refractivity contribution in [2.75, 3.05) is 0 Å². The minimum atomic E-state index is -0.102. The van der Waals surface area contributed by atoms with Crippen LogP contribution in [0.5, 0.6) is 0 Å². The van der Waals surface area contributed by atoms with E-state index in [4.69, 9.17) is 0 Å². The highest BCUT2D eigenvalue weighted by Crippen LogP contribution is 2.35. The Morgan fingerprint density at radius 2 is 2.25 bits per heavy atom. The average Bonchev–Trinajstić information content (AvgIpc) is 3.31. The van der Waals surface area contributed by atoms with Gasteiger partial charge in [0, 0.05) is 10.9 Å². The van der Waals surface area contributed by atoms with Crippen LogP contribution < -0.4 is 10.9 Å². The van der Waals surface area contributed by atoms with Gasteiger partial charge in [-0.1, -0.05) is 6.92 Å². The molecule has 1 amide bonds. The van der Waals surface area contributed by atoms with Gasteiger partial charge in [-0.15, -0.1) is 11.3 Å². The lowest BCUT2D eigenvalue weighted by Gasteiger charge is -2.17. The Labute approximate surface area is 145 Å². The van der Waals surface area contributed by atoms with Gasteiger partial charge >= 0.3 is 0 Å². The number of thiophene rings is 1. The van der Waals surface area contributed by atoms with E-state index in [0.717, 1.165) is 29.5 Å². The molecule has 4 rings (SSSR count). The number of amides is 1. The van der Waals surface area contributed by atoms with E-state index in [-0.39, 0.29) is 24.1 Å². The van der Waals surface area contributed by atoms with Crippen LogP contribution in [0.25, 0.3) is 10.2 Å². The molecule has 1 N–H and O–H groups in total. The molecule has 2 heterocycles. The maximum Gasteiger partial charge on any atom is 0.262 e. The molecule has 2 atom stereocenters. The number of aromatic nitrogens is 2. The molecule has 1 saturated carbocycles. The van der Waals surface area contributed by atoms with E-state index < -0.39 is 0 Å². The molecule has 1 fully saturated rings. The number of carbonyl (C=O) groups excluding carboxylic acids is 1. The van der Waals surface area contributed by atoms with Crippen molar-refractivity contribution < 1.29 is 4.79 Å². The Morgan fingerprint density at radius 1 is 1.46 bits per heavy atom. The molecular formula is C18H23N3O2S. The molecule has 2 aromatic heterocycles. The molecule has 2 aromatic rings. The van der Waals surface area contributed by atoms with Gasteiger partial charge in [0.1, 0.15) is 11.4 Å². The molecule has 128 valence electrons. The zero-order chi connectivity index (χ0) is 16.8. The van der Waals surface area contributed by atoms with Crippen molar-refractivity contribution in [1.82, 2.24) is 14.9 Å². The first kappa shape index (κ1) is 15.8. The molecule has 0 aliphatic heterocycles. The summed E-state index contributed by atoms with van der Waals surface area (Å²) in [5.74, 6) is 1.18. The topological polar surface area (TPSA) is 64.0 Å². The molecule has 6 heteroatoms. The Morgan fingerprint density at radius 3 is 3.00 bits per heavy atom. The fourth-order valence-electron chi connectivity index (χ4n) is 3.65. The zero-order valence-electron chi connectivity index (χ0n) is 14.2. The van der Waals surface area contributed by atoms with E-state index >= 15 is 0 Å². The standard InChI is InChI=1S/C18H23N3O2S/c1-10-3-6-13-14(7-10)24-17-16(13)18(23)21(9-19-17)8-15(22)20-11(2)12-4-5-12/h9-12H,3-8H2,1-2H3,(H,20,22)/t10-,11+/m1/s1. The minimum absolute atomic E-state index is 0.0554. The number of rotatable bonds is 4. The predicted molar refractivity (Wildman–Crippen MR) is 95.4 cm³/mol. The van der Waals surface area contributed by atoms with Crippen LogP contribution in [-0.2, 0) is 24.2 Å². The van der Waals surface area contributed by atoms with Crippen molar-refractivity contribution in [3.8, 4) is 0 Å². The van der Waals surface area contributed by atoms with Crippen LogP contribution in [0.15, 0.2) is 11.1 Å². The van der Waals surface area contributed by atoms with E-state index in [2.05, 4.69) is 17.2 Å². The monoisotopic (exact) mass is 345 g/mol. The summed E-state index contributed by atoms with van der Waals surface area (Å²) in [5, 5.41) is 3.75. The van der Waals surface area contributed by atoms with Gasteiger partial charge in [-0.25, -0.2) is 4.98 Å². The third kappa shape index (κ3) is 2.88. The van der Waals surface area contributed by atoms with E-state index in [1.165, 1.54) is 34.2 Å².